The molecular weight excluding hydrogens is 236 g/mol. The first-order valence-electron chi connectivity index (χ1n) is 6.09. The predicted molar refractivity (Wildman–Crippen MR) is 77.9 cm³/mol. The largest absolute Gasteiger partial charge is 0.456 e. The summed E-state index contributed by atoms with van der Waals surface area (Å²) in [5.74, 6) is 0.563. The van der Waals surface area contributed by atoms with Crippen molar-refractivity contribution in [1.82, 2.24) is 0 Å². The third-order valence-electron chi connectivity index (χ3n) is 2.89. The van der Waals surface area contributed by atoms with Gasteiger partial charge in [-0.05, 0) is 23.8 Å². The van der Waals surface area contributed by atoms with Crippen molar-refractivity contribution in [2.24, 2.45) is 0 Å². The van der Waals surface area contributed by atoms with Gasteiger partial charge >= 0.3 is 0 Å². The minimum Gasteiger partial charge on any atom is -0.456 e. The highest BCUT2D eigenvalue weighted by Gasteiger charge is 2.01. The van der Waals surface area contributed by atoms with Gasteiger partial charge in [0.1, 0.15) is 11.3 Å². The summed E-state index contributed by atoms with van der Waals surface area (Å²) in [5.41, 5.74) is 1.66. The van der Waals surface area contributed by atoms with E-state index in [1.807, 2.05) is 54.6 Å². The van der Waals surface area contributed by atoms with Gasteiger partial charge in [0.05, 0.1) is 5.39 Å². The number of hydrogen-bond donors (Lipinski definition) is 0. The second-order valence-corrected chi connectivity index (χ2v) is 4.25. The Morgan fingerprint density at radius 2 is 1.58 bits per heavy atom. The van der Waals surface area contributed by atoms with Gasteiger partial charge in [-0.25, -0.2) is 0 Å². The molecule has 3 aromatic rings. The summed E-state index contributed by atoms with van der Waals surface area (Å²) in [5, 5.41) is 0.611. The Labute approximate surface area is 110 Å². The summed E-state index contributed by atoms with van der Waals surface area (Å²) in [6, 6.07) is 18.7. The summed E-state index contributed by atoms with van der Waals surface area (Å²) in [6.07, 6.45) is 3.73. The van der Waals surface area contributed by atoms with E-state index >= 15 is 0 Å². The molecule has 0 fully saturated rings. The minimum absolute atomic E-state index is 0.0189. The van der Waals surface area contributed by atoms with Gasteiger partial charge < -0.3 is 4.42 Å². The highest BCUT2D eigenvalue weighted by molar-refractivity contribution is 5.78. The summed E-state index contributed by atoms with van der Waals surface area (Å²) >= 11 is 0. The zero-order valence-electron chi connectivity index (χ0n) is 10.2. The molecule has 0 radical (unpaired) electrons. The van der Waals surface area contributed by atoms with Crippen LogP contribution in [0.4, 0.5) is 0 Å². The van der Waals surface area contributed by atoms with Gasteiger partial charge in [-0.15, -0.1) is 0 Å². The van der Waals surface area contributed by atoms with Gasteiger partial charge in [-0.1, -0.05) is 48.5 Å². The van der Waals surface area contributed by atoms with Gasteiger partial charge in [0, 0.05) is 6.07 Å². The molecule has 0 aliphatic heterocycles. The zero-order valence-corrected chi connectivity index (χ0v) is 10.2. The van der Waals surface area contributed by atoms with E-state index in [1.165, 1.54) is 6.07 Å². The van der Waals surface area contributed by atoms with Crippen molar-refractivity contribution in [3.05, 3.63) is 82.2 Å². The fourth-order valence-electron chi connectivity index (χ4n) is 1.95. The number of rotatable bonds is 2. The molecule has 0 aliphatic carbocycles. The molecule has 0 atom stereocenters. The maximum absolute atomic E-state index is 11.9. The molecule has 3 rings (SSSR count). The molecule has 92 valence electrons. The average Bonchev–Trinajstić information content (AvgIpc) is 2.46. The fourth-order valence-corrected chi connectivity index (χ4v) is 1.95. The standard InChI is InChI=1S/C17H12O2/c18-16-12-14(11-10-13-6-2-1-3-7-13)19-17-9-5-4-8-15(16)17/h1-12H/b11-10-. The summed E-state index contributed by atoms with van der Waals surface area (Å²) in [7, 11) is 0. The van der Waals surface area contributed by atoms with E-state index < -0.39 is 0 Å². The minimum atomic E-state index is -0.0189. The van der Waals surface area contributed by atoms with Crippen LogP contribution in [0.3, 0.4) is 0 Å². The molecule has 0 aliphatic rings. The van der Waals surface area contributed by atoms with Crippen molar-refractivity contribution in [3.63, 3.8) is 0 Å². The lowest BCUT2D eigenvalue weighted by atomic mass is 10.2. The van der Waals surface area contributed by atoms with Gasteiger partial charge in [0.2, 0.25) is 0 Å². The maximum Gasteiger partial charge on any atom is 0.193 e. The third kappa shape index (κ3) is 2.47. The first kappa shape index (κ1) is 11.5. The molecule has 0 saturated heterocycles. The molecule has 19 heavy (non-hydrogen) atoms. The number of para-hydroxylation sites is 1. The Hall–Kier alpha value is -2.61. The predicted octanol–water partition coefficient (Wildman–Crippen LogP) is 3.96. The lowest BCUT2D eigenvalue weighted by molar-refractivity contribution is 0.591. The quantitative estimate of drug-likeness (QED) is 0.687. The van der Waals surface area contributed by atoms with E-state index in [2.05, 4.69) is 0 Å². The van der Waals surface area contributed by atoms with Crippen LogP contribution in [-0.4, -0.2) is 0 Å². The first-order chi connectivity index (χ1) is 9.33. The van der Waals surface area contributed by atoms with Crippen molar-refractivity contribution in [3.8, 4) is 0 Å². The van der Waals surface area contributed by atoms with Crippen LogP contribution in [0.2, 0.25) is 0 Å². The van der Waals surface area contributed by atoms with Crippen LogP contribution < -0.4 is 5.43 Å². The molecule has 0 bridgehead atoms. The van der Waals surface area contributed by atoms with Crippen molar-refractivity contribution >= 4 is 23.1 Å². The molecule has 2 nitrogen and oxygen atoms in total. The maximum atomic E-state index is 11.9. The van der Waals surface area contributed by atoms with Crippen LogP contribution in [0, 0.1) is 0 Å². The molecule has 0 amide bonds. The Balaban J connectivity index is 2.02. The van der Waals surface area contributed by atoms with Crippen LogP contribution in [0.25, 0.3) is 23.1 Å². The van der Waals surface area contributed by atoms with Gasteiger partial charge in [0.15, 0.2) is 5.43 Å². The van der Waals surface area contributed by atoms with E-state index in [9.17, 15) is 4.79 Å². The number of benzene rings is 2. The van der Waals surface area contributed by atoms with Gasteiger partial charge in [0.25, 0.3) is 0 Å². The molecule has 1 aromatic heterocycles. The SMILES string of the molecule is O=c1cc(/C=C\c2ccccc2)oc2ccccc12. The number of hydrogen-bond acceptors (Lipinski definition) is 2. The Bertz CT molecular complexity index is 783. The molecule has 2 heteroatoms. The Morgan fingerprint density at radius 3 is 2.42 bits per heavy atom. The summed E-state index contributed by atoms with van der Waals surface area (Å²) < 4.78 is 5.68. The molecule has 0 N–H and O–H groups in total. The normalized spacial score (nSPS) is 11.2. The van der Waals surface area contributed by atoms with Gasteiger partial charge in [-0.2, -0.15) is 0 Å². The van der Waals surface area contributed by atoms with E-state index in [0.717, 1.165) is 5.56 Å². The topological polar surface area (TPSA) is 30.2 Å². The molecule has 0 unspecified atom stereocenters. The second kappa shape index (κ2) is 4.94. The van der Waals surface area contributed by atoms with Crippen molar-refractivity contribution in [2.75, 3.05) is 0 Å². The van der Waals surface area contributed by atoms with E-state index in [4.69, 9.17) is 4.42 Å². The second-order valence-electron chi connectivity index (χ2n) is 4.25. The van der Waals surface area contributed by atoms with Crippen molar-refractivity contribution in [2.45, 2.75) is 0 Å². The summed E-state index contributed by atoms with van der Waals surface area (Å²) in [6.45, 7) is 0. The van der Waals surface area contributed by atoms with Crippen molar-refractivity contribution in [1.29, 1.82) is 0 Å². The molecular formula is C17H12O2. The smallest absolute Gasteiger partial charge is 0.193 e. The Morgan fingerprint density at radius 1 is 0.842 bits per heavy atom. The third-order valence-corrected chi connectivity index (χ3v) is 2.89. The Kier molecular flexibility index (Phi) is 2.99. The lowest BCUT2D eigenvalue weighted by Crippen LogP contribution is -1.99. The van der Waals surface area contributed by atoms with E-state index in [0.29, 0.717) is 16.7 Å². The zero-order chi connectivity index (χ0) is 13.1. The van der Waals surface area contributed by atoms with E-state index in [-0.39, 0.29) is 5.43 Å². The van der Waals surface area contributed by atoms with Crippen LogP contribution >= 0.6 is 0 Å². The van der Waals surface area contributed by atoms with Crippen LogP contribution in [-0.2, 0) is 0 Å². The molecule has 2 aromatic carbocycles. The molecule has 0 saturated carbocycles. The van der Waals surface area contributed by atoms with E-state index in [1.54, 1.807) is 12.1 Å². The van der Waals surface area contributed by atoms with Crippen molar-refractivity contribution < 1.29 is 4.42 Å². The summed E-state index contributed by atoms with van der Waals surface area (Å²) in [4.78, 5) is 11.9. The monoisotopic (exact) mass is 248 g/mol. The first-order valence-corrected chi connectivity index (χ1v) is 6.09. The van der Waals surface area contributed by atoms with Crippen LogP contribution in [0.5, 0.6) is 0 Å². The lowest BCUT2D eigenvalue weighted by Gasteiger charge is -1.98. The van der Waals surface area contributed by atoms with Gasteiger partial charge in [-0.3, -0.25) is 4.79 Å². The van der Waals surface area contributed by atoms with Crippen LogP contribution in [0.1, 0.15) is 11.3 Å². The average molecular weight is 248 g/mol. The molecule has 1 heterocycles. The molecule has 0 spiro atoms. The fraction of sp³-hybridized carbons (Fsp3) is 0. The highest BCUT2D eigenvalue weighted by atomic mass is 16.3. The number of fused-ring (bicyclic) bond motifs is 1. The highest BCUT2D eigenvalue weighted by Crippen LogP contribution is 2.13. The van der Waals surface area contributed by atoms with Crippen LogP contribution in [0.15, 0.2) is 69.9 Å².